The van der Waals surface area contributed by atoms with Crippen molar-refractivity contribution in [3.63, 3.8) is 0 Å². The first kappa shape index (κ1) is 30.6. The molecule has 0 heterocycles. The van der Waals surface area contributed by atoms with Crippen LogP contribution in [0.1, 0.15) is 26.3 Å². The summed E-state index contributed by atoms with van der Waals surface area (Å²) in [6, 6.07) is 65.4. The highest BCUT2D eigenvalue weighted by atomic mass is 14.3. The molecule has 0 atom stereocenters. The molecule has 0 aliphatic heterocycles. The van der Waals surface area contributed by atoms with E-state index in [1.54, 1.807) is 0 Å². The largest absolute Gasteiger partial charge is 0.0616 e. The van der Waals surface area contributed by atoms with Crippen LogP contribution in [0.15, 0.2) is 176 Å². The van der Waals surface area contributed by atoms with Gasteiger partial charge in [-0.25, -0.2) is 0 Å². The molecule has 0 aromatic heterocycles. The van der Waals surface area contributed by atoms with E-state index in [0.29, 0.717) is 0 Å². The third kappa shape index (κ3) is 4.68. The van der Waals surface area contributed by atoms with Crippen molar-refractivity contribution in [2.75, 3.05) is 0 Å². The maximum absolute atomic E-state index is 2.48. The van der Waals surface area contributed by atoms with Crippen LogP contribution in [0.5, 0.6) is 0 Å². The van der Waals surface area contributed by atoms with Gasteiger partial charge in [-0.1, -0.05) is 185 Å². The smallest absolute Gasteiger partial charge is 0.00204 e. The molecule has 0 amide bonds. The average molecular weight is 663 g/mol. The second kappa shape index (κ2) is 11.7. The van der Waals surface area contributed by atoms with E-state index in [9.17, 15) is 0 Å². The maximum atomic E-state index is 2.48. The molecule has 0 spiro atoms. The first-order valence-corrected chi connectivity index (χ1v) is 18.4. The van der Waals surface area contributed by atoms with Gasteiger partial charge >= 0.3 is 0 Å². The van der Waals surface area contributed by atoms with Crippen LogP contribution in [0, 0.1) is 0 Å². The zero-order valence-electron chi connectivity index (χ0n) is 29.7. The Morgan fingerprint density at radius 1 is 0.288 bits per heavy atom. The Hall–Kier alpha value is -6.24. The fourth-order valence-corrected chi connectivity index (χ4v) is 8.95. The lowest BCUT2D eigenvalue weighted by atomic mass is 9.77. The first-order chi connectivity index (χ1) is 25.5. The lowest BCUT2D eigenvalue weighted by Crippen LogP contribution is -2.13. The van der Waals surface area contributed by atoms with Crippen molar-refractivity contribution < 1.29 is 0 Å². The van der Waals surface area contributed by atoms with Gasteiger partial charge in [0.2, 0.25) is 0 Å². The van der Waals surface area contributed by atoms with Gasteiger partial charge in [-0.3, -0.25) is 0 Å². The van der Waals surface area contributed by atoms with Gasteiger partial charge in [0.05, 0.1) is 0 Å². The summed E-state index contributed by atoms with van der Waals surface area (Å²) in [5.41, 5.74) is 8.95. The highest BCUT2D eigenvalue weighted by Gasteiger charge is 2.25. The lowest BCUT2D eigenvalue weighted by molar-refractivity contribution is 0.601. The minimum Gasteiger partial charge on any atom is -0.0616 e. The minimum absolute atomic E-state index is 0.0726. The fourth-order valence-electron chi connectivity index (χ4n) is 8.95. The van der Waals surface area contributed by atoms with Crippen molar-refractivity contribution in [2.24, 2.45) is 0 Å². The van der Waals surface area contributed by atoms with E-state index in [1.165, 1.54) is 104 Å². The van der Waals surface area contributed by atoms with Crippen LogP contribution in [0.3, 0.4) is 0 Å². The number of benzene rings is 10. The number of hydrogen-bond donors (Lipinski definition) is 0. The van der Waals surface area contributed by atoms with Crippen molar-refractivity contribution in [3.8, 4) is 33.4 Å². The van der Waals surface area contributed by atoms with E-state index >= 15 is 0 Å². The quantitative estimate of drug-likeness (QED) is 0.130. The van der Waals surface area contributed by atoms with Crippen molar-refractivity contribution in [2.45, 2.75) is 26.2 Å². The van der Waals surface area contributed by atoms with Crippen molar-refractivity contribution in [3.05, 3.63) is 181 Å². The Balaban J connectivity index is 1.26. The molecule has 0 fully saturated rings. The van der Waals surface area contributed by atoms with Crippen molar-refractivity contribution >= 4 is 64.6 Å². The maximum Gasteiger partial charge on any atom is -0.00204 e. The topological polar surface area (TPSA) is 0 Å². The Bertz CT molecular complexity index is 3040. The SMILES string of the molecule is CC(C)(C)c1c2ccccc2c(-c2cccc3ccccc23)c2ccc(-c3ccc(-c4cc5ccccc5c5ccccc45)c4ccccc34)cc12. The molecule has 0 bridgehead atoms. The molecule has 10 aromatic carbocycles. The molecule has 10 aromatic rings. The molecule has 0 nitrogen and oxygen atoms in total. The summed E-state index contributed by atoms with van der Waals surface area (Å²) in [7, 11) is 0. The minimum atomic E-state index is -0.0726. The Morgan fingerprint density at radius 3 is 1.54 bits per heavy atom. The molecule has 0 saturated carbocycles. The zero-order valence-corrected chi connectivity index (χ0v) is 29.7. The highest BCUT2D eigenvalue weighted by Crippen LogP contribution is 2.47. The molecule has 0 heteroatoms. The highest BCUT2D eigenvalue weighted by molar-refractivity contribution is 6.21. The van der Waals surface area contributed by atoms with Crippen LogP contribution < -0.4 is 0 Å². The standard InChI is InChI=1S/C52H38/c1-52(2,3)51-47-25-13-12-24-45(47)50(44-26-14-17-33-15-4-6-18-36(33)44)46-28-27-35(32-49(46)51)38-29-30-43(41-22-10-8-21-40(38)41)48-31-34-16-5-7-19-37(34)39-20-9-11-23-42(39)48/h4-32H,1-3H3. The fraction of sp³-hybridized carbons (Fsp3) is 0.0769. The normalized spacial score (nSPS) is 12.1. The molecule has 0 aliphatic rings. The lowest BCUT2D eigenvalue weighted by Gasteiger charge is -2.27. The van der Waals surface area contributed by atoms with E-state index in [4.69, 9.17) is 0 Å². The van der Waals surface area contributed by atoms with Crippen molar-refractivity contribution in [1.82, 2.24) is 0 Å². The third-order valence-electron chi connectivity index (χ3n) is 11.1. The van der Waals surface area contributed by atoms with Gasteiger partial charge < -0.3 is 0 Å². The molecule has 246 valence electrons. The summed E-state index contributed by atoms with van der Waals surface area (Å²) in [6.07, 6.45) is 0. The van der Waals surface area contributed by atoms with Gasteiger partial charge in [0.15, 0.2) is 0 Å². The van der Waals surface area contributed by atoms with Crippen LogP contribution in [-0.4, -0.2) is 0 Å². The van der Waals surface area contributed by atoms with Gasteiger partial charge in [0.25, 0.3) is 0 Å². The molecule has 10 rings (SSSR count). The van der Waals surface area contributed by atoms with Crippen LogP contribution in [-0.2, 0) is 5.41 Å². The van der Waals surface area contributed by atoms with Crippen LogP contribution in [0.25, 0.3) is 98.0 Å². The third-order valence-corrected chi connectivity index (χ3v) is 11.1. The summed E-state index contributed by atoms with van der Waals surface area (Å²) in [5, 5.41) is 15.5. The second-order valence-electron chi connectivity index (χ2n) is 15.2. The molecule has 52 heavy (non-hydrogen) atoms. The van der Waals surface area contributed by atoms with Crippen molar-refractivity contribution in [1.29, 1.82) is 0 Å². The van der Waals surface area contributed by atoms with E-state index < -0.39 is 0 Å². The predicted molar refractivity (Wildman–Crippen MR) is 226 cm³/mol. The number of hydrogen-bond acceptors (Lipinski definition) is 0. The van der Waals surface area contributed by atoms with E-state index in [1.807, 2.05) is 0 Å². The van der Waals surface area contributed by atoms with E-state index in [-0.39, 0.29) is 5.41 Å². The Labute approximate surface area is 304 Å². The van der Waals surface area contributed by atoms with E-state index in [2.05, 4.69) is 197 Å². The van der Waals surface area contributed by atoms with Gasteiger partial charge in [-0.15, -0.1) is 0 Å². The molecule has 0 N–H and O–H groups in total. The van der Waals surface area contributed by atoms with E-state index in [0.717, 1.165) is 0 Å². The second-order valence-corrected chi connectivity index (χ2v) is 15.2. The Morgan fingerprint density at radius 2 is 0.808 bits per heavy atom. The summed E-state index contributed by atoms with van der Waals surface area (Å²) in [5.74, 6) is 0. The van der Waals surface area contributed by atoms with Gasteiger partial charge in [-0.2, -0.15) is 0 Å². The molecule has 0 aliphatic carbocycles. The summed E-state index contributed by atoms with van der Waals surface area (Å²) in [4.78, 5) is 0. The van der Waals surface area contributed by atoms with Crippen LogP contribution >= 0.6 is 0 Å². The van der Waals surface area contributed by atoms with Gasteiger partial charge in [0.1, 0.15) is 0 Å². The molecule has 0 radical (unpaired) electrons. The summed E-state index contributed by atoms with van der Waals surface area (Å²) >= 11 is 0. The summed E-state index contributed by atoms with van der Waals surface area (Å²) in [6.45, 7) is 7.07. The monoisotopic (exact) mass is 662 g/mol. The summed E-state index contributed by atoms with van der Waals surface area (Å²) < 4.78 is 0. The zero-order chi connectivity index (χ0) is 35.0. The van der Waals surface area contributed by atoms with Crippen LogP contribution in [0.2, 0.25) is 0 Å². The molecule has 0 saturated heterocycles. The van der Waals surface area contributed by atoms with Gasteiger partial charge in [0, 0.05) is 0 Å². The first-order valence-electron chi connectivity index (χ1n) is 18.4. The average Bonchev–Trinajstić information content (AvgIpc) is 3.18. The Kier molecular flexibility index (Phi) is 6.85. The number of rotatable bonds is 3. The molecule has 0 unspecified atom stereocenters. The number of fused-ring (bicyclic) bond motifs is 7. The predicted octanol–water partition coefficient (Wildman–Crippen LogP) is 14.9. The molecular weight excluding hydrogens is 625 g/mol. The van der Waals surface area contributed by atoms with Crippen LogP contribution in [0.4, 0.5) is 0 Å². The molecular formula is C52H38. The van der Waals surface area contributed by atoms with Gasteiger partial charge in [-0.05, 0) is 121 Å².